The molecule has 2 heterocycles. The number of carbonyl (C=O) groups is 2. The summed E-state index contributed by atoms with van der Waals surface area (Å²) in [5.41, 5.74) is 3.02. The number of aromatic nitrogens is 3. The number of rotatable bonds is 6. The van der Waals surface area contributed by atoms with E-state index in [1.54, 1.807) is 11.0 Å². The van der Waals surface area contributed by atoms with Crippen LogP contribution in [0.4, 0.5) is 5.69 Å². The molecule has 1 N–H and O–H groups in total. The van der Waals surface area contributed by atoms with E-state index < -0.39 is 0 Å². The normalized spacial score (nSPS) is 15.0. The van der Waals surface area contributed by atoms with Gasteiger partial charge >= 0.3 is 0 Å². The highest BCUT2D eigenvalue weighted by Crippen LogP contribution is 2.19. The highest BCUT2D eigenvalue weighted by molar-refractivity contribution is 5.93. The predicted octanol–water partition coefficient (Wildman–Crippen LogP) is 1.07. The van der Waals surface area contributed by atoms with E-state index in [4.69, 9.17) is 0 Å². The van der Waals surface area contributed by atoms with Gasteiger partial charge in [-0.1, -0.05) is 18.2 Å². The zero-order valence-corrected chi connectivity index (χ0v) is 15.9. The van der Waals surface area contributed by atoms with Crippen LogP contribution in [0.3, 0.4) is 0 Å². The molecule has 1 aliphatic rings. The summed E-state index contributed by atoms with van der Waals surface area (Å²) in [6.07, 6.45) is 3.49. The first-order valence-electron chi connectivity index (χ1n) is 9.21. The Labute approximate surface area is 159 Å². The molecule has 0 saturated carbocycles. The van der Waals surface area contributed by atoms with E-state index in [0.717, 1.165) is 16.8 Å². The van der Waals surface area contributed by atoms with Crippen molar-refractivity contribution in [3.8, 4) is 0 Å². The number of nitrogens with zero attached hydrogens (tertiary/aromatic N) is 5. The number of aryl methyl sites for hydroxylation is 3. The van der Waals surface area contributed by atoms with Gasteiger partial charge in [-0.15, -0.1) is 0 Å². The van der Waals surface area contributed by atoms with Crippen molar-refractivity contribution in [1.82, 2.24) is 24.6 Å². The molecule has 1 aliphatic heterocycles. The molecule has 1 aromatic carbocycles. The molecule has 27 heavy (non-hydrogen) atoms. The molecule has 0 atom stereocenters. The number of para-hydroxylation sites is 1. The molecule has 144 valence electrons. The van der Waals surface area contributed by atoms with Crippen LogP contribution < -0.4 is 5.32 Å². The molecule has 0 aliphatic carbocycles. The Kier molecular flexibility index (Phi) is 6.18. The fourth-order valence-corrected chi connectivity index (χ4v) is 3.27. The molecule has 0 radical (unpaired) electrons. The maximum absolute atomic E-state index is 12.4. The van der Waals surface area contributed by atoms with Crippen molar-refractivity contribution in [3.05, 3.63) is 42.0 Å². The Morgan fingerprint density at radius 1 is 1.11 bits per heavy atom. The maximum atomic E-state index is 12.4. The van der Waals surface area contributed by atoms with E-state index in [9.17, 15) is 9.59 Å². The van der Waals surface area contributed by atoms with E-state index in [2.05, 4.69) is 20.3 Å². The Morgan fingerprint density at radius 2 is 1.81 bits per heavy atom. The molecular weight excluding hydrogens is 344 g/mol. The van der Waals surface area contributed by atoms with Crippen molar-refractivity contribution in [2.75, 3.05) is 38.0 Å². The van der Waals surface area contributed by atoms with Crippen LogP contribution in [0.25, 0.3) is 0 Å². The first-order valence-corrected chi connectivity index (χ1v) is 9.21. The fourth-order valence-electron chi connectivity index (χ4n) is 3.27. The van der Waals surface area contributed by atoms with Crippen LogP contribution in [0.5, 0.6) is 0 Å². The summed E-state index contributed by atoms with van der Waals surface area (Å²) < 4.78 is 1.66. The summed E-state index contributed by atoms with van der Waals surface area (Å²) in [5, 5.41) is 7.03. The molecule has 1 saturated heterocycles. The van der Waals surface area contributed by atoms with E-state index in [-0.39, 0.29) is 11.8 Å². The fraction of sp³-hybridized carbons (Fsp3) is 0.474. The van der Waals surface area contributed by atoms with Gasteiger partial charge in [0.15, 0.2) is 0 Å². The monoisotopic (exact) mass is 370 g/mol. The minimum atomic E-state index is -0.0154. The standard InChI is InChI=1S/C19H26N6O2/c1-15-4-3-5-16(2)19(15)22-17(26)12-23-8-10-24(11-9-23)18(27)6-7-25-14-20-13-21-25/h3-5,13-14H,6-12H2,1-2H3,(H,22,26). The van der Waals surface area contributed by atoms with Gasteiger partial charge < -0.3 is 10.2 Å². The first kappa shape index (κ1) is 19.0. The van der Waals surface area contributed by atoms with Crippen LogP contribution in [0.15, 0.2) is 30.9 Å². The van der Waals surface area contributed by atoms with Crippen LogP contribution in [-0.2, 0) is 16.1 Å². The summed E-state index contributed by atoms with van der Waals surface area (Å²) >= 11 is 0. The van der Waals surface area contributed by atoms with E-state index in [0.29, 0.717) is 45.7 Å². The molecule has 2 amide bonds. The lowest BCUT2D eigenvalue weighted by Crippen LogP contribution is -2.50. The largest absolute Gasteiger partial charge is 0.340 e. The molecule has 8 heteroatoms. The summed E-state index contributed by atoms with van der Waals surface area (Å²) in [6, 6.07) is 5.97. The minimum Gasteiger partial charge on any atom is -0.340 e. The van der Waals surface area contributed by atoms with Crippen molar-refractivity contribution in [3.63, 3.8) is 0 Å². The number of hydrogen-bond acceptors (Lipinski definition) is 5. The molecule has 8 nitrogen and oxygen atoms in total. The second kappa shape index (κ2) is 8.77. The smallest absolute Gasteiger partial charge is 0.238 e. The Balaban J connectivity index is 1.42. The number of hydrogen-bond donors (Lipinski definition) is 1. The van der Waals surface area contributed by atoms with Gasteiger partial charge in [-0.05, 0) is 25.0 Å². The van der Waals surface area contributed by atoms with Crippen LogP contribution in [-0.4, -0.2) is 69.1 Å². The Morgan fingerprint density at radius 3 is 2.44 bits per heavy atom. The van der Waals surface area contributed by atoms with Gasteiger partial charge in [0.05, 0.1) is 13.1 Å². The zero-order valence-electron chi connectivity index (χ0n) is 15.9. The van der Waals surface area contributed by atoms with Crippen molar-refractivity contribution < 1.29 is 9.59 Å². The summed E-state index contributed by atoms with van der Waals surface area (Å²) in [6.45, 7) is 7.56. The Bertz CT molecular complexity index is 761. The third kappa shape index (κ3) is 5.13. The molecule has 2 aromatic rings. The average Bonchev–Trinajstić information content (AvgIpc) is 3.17. The molecule has 1 aromatic heterocycles. The van der Waals surface area contributed by atoms with Gasteiger partial charge in [0.2, 0.25) is 11.8 Å². The predicted molar refractivity (Wildman–Crippen MR) is 102 cm³/mol. The van der Waals surface area contributed by atoms with Crippen LogP contribution in [0, 0.1) is 13.8 Å². The van der Waals surface area contributed by atoms with E-state index in [1.807, 2.05) is 36.9 Å². The third-order valence-electron chi connectivity index (χ3n) is 4.86. The first-order chi connectivity index (χ1) is 13.0. The number of benzene rings is 1. The number of piperazine rings is 1. The molecular formula is C19H26N6O2. The lowest BCUT2D eigenvalue weighted by atomic mass is 10.1. The van der Waals surface area contributed by atoms with Crippen molar-refractivity contribution in [1.29, 1.82) is 0 Å². The topological polar surface area (TPSA) is 83.4 Å². The number of anilines is 1. The molecule has 0 unspecified atom stereocenters. The average molecular weight is 370 g/mol. The highest BCUT2D eigenvalue weighted by atomic mass is 16.2. The van der Waals surface area contributed by atoms with Crippen LogP contribution in [0.2, 0.25) is 0 Å². The molecule has 3 rings (SSSR count). The van der Waals surface area contributed by atoms with Gasteiger partial charge in [-0.25, -0.2) is 4.98 Å². The lowest BCUT2D eigenvalue weighted by Gasteiger charge is -2.34. The van der Waals surface area contributed by atoms with E-state index in [1.165, 1.54) is 6.33 Å². The van der Waals surface area contributed by atoms with Crippen LogP contribution in [0.1, 0.15) is 17.5 Å². The Hall–Kier alpha value is -2.74. The van der Waals surface area contributed by atoms with Crippen molar-refractivity contribution in [2.24, 2.45) is 0 Å². The molecule has 1 fully saturated rings. The number of nitrogens with one attached hydrogen (secondary N) is 1. The van der Waals surface area contributed by atoms with Gasteiger partial charge in [-0.3, -0.25) is 19.2 Å². The summed E-state index contributed by atoms with van der Waals surface area (Å²) in [4.78, 5) is 32.5. The second-order valence-electron chi connectivity index (χ2n) is 6.88. The van der Waals surface area contributed by atoms with Gasteiger partial charge in [-0.2, -0.15) is 5.10 Å². The second-order valence-corrected chi connectivity index (χ2v) is 6.88. The molecule has 0 bridgehead atoms. The zero-order chi connectivity index (χ0) is 19.2. The van der Waals surface area contributed by atoms with Gasteiger partial charge in [0.25, 0.3) is 0 Å². The van der Waals surface area contributed by atoms with E-state index >= 15 is 0 Å². The summed E-state index contributed by atoms with van der Waals surface area (Å²) in [5.74, 6) is 0.100. The molecule has 0 spiro atoms. The quantitative estimate of drug-likeness (QED) is 0.822. The van der Waals surface area contributed by atoms with Crippen molar-refractivity contribution >= 4 is 17.5 Å². The number of carbonyl (C=O) groups excluding carboxylic acids is 2. The lowest BCUT2D eigenvalue weighted by molar-refractivity contribution is -0.133. The number of amides is 2. The SMILES string of the molecule is Cc1cccc(C)c1NC(=O)CN1CCN(C(=O)CCn2cncn2)CC1. The van der Waals surface area contributed by atoms with Gasteiger partial charge in [0, 0.05) is 38.3 Å². The summed E-state index contributed by atoms with van der Waals surface area (Å²) in [7, 11) is 0. The van der Waals surface area contributed by atoms with Crippen LogP contribution >= 0.6 is 0 Å². The third-order valence-corrected chi connectivity index (χ3v) is 4.86. The highest BCUT2D eigenvalue weighted by Gasteiger charge is 2.22. The minimum absolute atomic E-state index is 0.0154. The van der Waals surface area contributed by atoms with Crippen molar-refractivity contribution in [2.45, 2.75) is 26.8 Å². The van der Waals surface area contributed by atoms with Gasteiger partial charge in [0.1, 0.15) is 12.7 Å². The maximum Gasteiger partial charge on any atom is 0.238 e.